The number of hydrogen-bond donors (Lipinski definition) is 2. The molecule has 1 aromatic rings. The molecule has 2 rings (SSSR count). The average Bonchev–Trinajstić information content (AvgIpc) is 2.39. The van der Waals surface area contributed by atoms with Crippen LogP contribution in [0.2, 0.25) is 0 Å². The number of anilines is 1. The molecule has 0 unspecified atom stereocenters. The lowest BCUT2D eigenvalue weighted by Gasteiger charge is -2.26. The molecule has 0 atom stereocenters. The predicted octanol–water partition coefficient (Wildman–Crippen LogP) is 1.46. The highest BCUT2D eigenvalue weighted by molar-refractivity contribution is 7.90. The first-order chi connectivity index (χ1) is 9.47. The summed E-state index contributed by atoms with van der Waals surface area (Å²) in [6.07, 6.45) is 2.68. The van der Waals surface area contributed by atoms with Crippen molar-refractivity contribution in [1.29, 1.82) is 0 Å². The van der Waals surface area contributed by atoms with Gasteiger partial charge in [0.2, 0.25) is 0 Å². The molecule has 1 aromatic carbocycles. The Kier molecular flexibility index (Phi) is 4.61. The van der Waals surface area contributed by atoms with Crippen LogP contribution in [0.25, 0.3) is 0 Å². The fourth-order valence-electron chi connectivity index (χ4n) is 2.24. The van der Waals surface area contributed by atoms with Crippen molar-refractivity contribution in [2.24, 2.45) is 0 Å². The van der Waals surface area contributed by atoms with Gasteiger partial charge in [-0.25, -0.2) is 0 Å². The van der Waals surface area contributed by atoms with Crippen LogP contribution in [0.15, 0.2) is 24.3 Å². The van der Waals surface area contributed by atoms with E-state index in [1.54, 1.807) is 24.3 Å². The Bertz CT molecular complexity index is 580. The third-order valence-electron chi connectivity index (χ3n) is 3.18. The Balaban J connectivity index is 2.10. The average molecular weight is 298 g/mol. The highest BCUT2D eigenvalue weighted by atomic mass is 32.2. The molecule has 0 aliphatic carbocycles. The predicted molar refractivity (Wildman–Crippen MR) is 75.7 cm³/mol. The molecule has 2 N–H and O–H groups in total. The maximum Gasteiger partial charge on any atom is 0.307 e. The summed E-state index contributed by atoms with van der Waals surface area (Å²) in [5.41, 5.74) is 0.964. The van der Waals surface area contributed by atoms with Crippen LogP contribution in [-0.2, 0) is 21.4 Å². The number of benzene rings is 1. The number of carboxylic acids is 1. The van der Waals surface area contributed by atoms with Crippen molar-refractivity contribution in [3.8, 4) is 0 Å². The molecule has 0 spiro atoms. The summed E-state index contributed by atoms with van der Waals surface area (Å²) in [4.78, 5) is 10.7. The van der Waals surface area contributed by atoms with Crippen LogP contribution < -0.4 is 4.72 Å². The van der Waals surface area contributed by atoms with Crippen molar-refractivity contribution >= 4 is 21.9 Å². The number of carboxylic acid groups (broad SMARTS) is 1. The van der Waals surface area contributed by atoms with Gasteiger partial charge in [-0.2, -0.15) is 12.7 Å². The van der Waals surface area contributed by atoms with Gasteiger partial charge in [-0.15, -0.1) is 0 Å². The van der Waals surface area contributed by atoms with Crippen molar-refractivity contribution in [3.63, 3.8) is 0 Å². The third kappa shape index (κ3) is 3.94. The Morgan fingerprint density at radius 2 is 1.95 bits per heavy atom. The van der Waals surface area contributed by atoms with Gasteiger partial charge in [0.15, 0.2) is 0 Å². The molecule has 6 nitrogen and oxygen atoms in total. The van der Waals surface area contributed by atoms with E-state index in [2.05, 4.69) is 4.72 Å². The minimum absolute atomic E-state index is 0.126. The number of rotatable bonds is 5. The van der Waals surface area contributed by atoms with Crippen molar-refractivity contribution in [2.45, 2.75) is 25.7 Å². The zero-order chi connectivity index (χ0) is 14.6. The summed E-state index contributed by atoms with van der Waals surface area (Å²) in [6, 6.07) is 6.47. The zero-order valence-electron chi connectivity index (χ0n) is 11.1. The van der Waals surface area contributed by atoms with Crippen molar-refractivity contribution in [2.75, 3.05) is 17.8 Å². The lowest BCUT2D eigenvalue weighted by Crippen LogP contribution is -2.39. The highest BCUT2D eigenvalue weighted by Crippen LogP contribution is 2.17. The molecule has 7 heteroatoms. The van der Waals surface area contributed by atoms with E-state index in [0.717, 1.165) is 19.3 Å². The molecular formula is C13H18N2O4S. The Morgan fingerprint density at radius 1 is 1.25 bits per heavy atom. The van der Waals surface area contributed by atoms with Crippen LogP contribution in [0.3, 0.4) is 0 Å². The summed E-state index contributed by atoms with van der Waals surface area (Å²) in [5, 5.41) is 8.75. The van der Waals surface area contributed by atoms with Crippen LogP contribution >= 0.6 is 0 Å². The second kappa shape index (κ2) is 6.23. The van der Waals surface area contributed by atoms with Crippen LogP contribution in [0.5, 0.6) is 0 Å². The van der Waals surface area contributed by atoms with E-state index in [0.29, 0.717) is 24.3 Å². The van der Waals surface area contributed by atoms with Crippen molar-refractivity contribution in [1.82, 2.24) is 4.31 Å². The molecule has 0 aromatic heterocycles. The van der Waals surface area contributed by atoms with Crippen LogP contribution in [0, 0.1) is 0 Å². The van der Waals surface area contributed by atoms with E-state index in [1.165, 1.54) is 4.31 Å². The van der Waals surface area contributed by atoms with Crippen molar-refractivity contribution in [3.05, 3.63) is 29.8 Å². The Morgan fingerprint density at radius 3 is 2.60 bits per heavy atom. The number of nitrogens with zero attached hydrogens (tertiary/aromatic N) is 1. The summed E-state index contributed by atoms with van der Waals surface area (Å²) in [7, 11) is -3.55. The maximum atomic E-state index is 12.2. The molecule has 0 bridgehead atoms. The summed E-state index contributed by atoms with van der Waals surface area (Å²) in [5.74, 6) is -0.943. The SMILES string of the molecule is O=C(O)Cc1cccc(NS(=O)(=O)N2CCCCC2)c1. The van der Waals surface area contributed by atoms with Gasteiger partial charge in [-0.1, -0.05) is 18.6 Å². The molecule has 1 heterocycles. The minimum atomic E-state index is -3.55. The number of piperidine rings is 1. The molecule has 0 amide bonds. The largest absolute Gasteiger partial charge is 0.481 e. The molecule has 0 saturated carbocycles. The fourth-order valence-corrected chi connectivity index (χ4v) is 3.53. The molecule has 20 heavy (non-hydrogen) atoms. The van der Waals surface area contributed by atoms with E-state index in [9.17, 15) is 13.2 Å². The maximum absolute atomic E-state index is 12.2. The van der Waals surface area contributed by atoms with Gasteiger partial charge in [0.1, 0.15) is 0 Å². The van der Waals surface area contributed by atoms with Gasteiger partial charge in [0.25, 0.3) is 0 Å². The van der Waals surface area contributed by atoms with Gasteiger partial charge in [0.05, 0.1) is 12.1 Å². The number of hydrogen-bond acceptors (Lipinski definition) is 3. The molecule has 1 fully saturated rings. The molecule has 1 aliphatic rings. The first kappa shape index (κ1) is 14.8. The normalized spacial score (nSPS) is 16.8. The minimum Gasteiger partial charge on any atom is -0.481 e. The molecule has 1 saturated heterocycles. The zero-order valence-corrected chi connectivity index (χ0v) is 11.9. The molecule has 0 radical (unpaired) electrons. The summed E-state index contributed by atoms with van der Waals surface area (Å²) >= 11 is 0. The Hall–Kier alpha value is -1.60. The smallest absolute Gasteiger partial charge is 0.307 e. The monoisotopic (exact) mass is 298 g/mol. The van der Waals surface area contributed by atoms with Gasteiger partial charge >= 0.3 is 16.2 Å². The van der Waals surface area contributed by atoms with Gasteiger partial charge in [-0.3, -0.25) is 9.52 Å². The van der Waals surface area contributed by atoms with Crippen LogP contribution in [0.1, 0.15) is 24.8 Å². The van der Waals surface area contributed by atoms with Gasteiger partial charge in [-0.05, 0) is 30.5 Å². The third-order valence-corrected chi connectivity index (χ3v) is 4.72. The first-order valence-electron chi connectivity index (χ1n) is 6.56. The number of carbonyl (C=O) groups is 1. The van der Waals surface area contributed by atoms with E-state index in [4.69, 9.17) is 5.11 Å². The first-order valence-corrected chi connectivity index (χ1v) is 8.00. The van der Waals surface area contributed by atoms with E-state index >= 15 is 0 Å². The molecule has 110 valence electrons. The lowest BCUT2D eigenvalue weighted by molar-refractivity contribution is -0.136. The van der Waals surface area contributed by atoms with E-state index < -0.39 is 16.2 Å². The standard InChI is InChI=1S/C13H18N2O4S/c16-13(17)10-11-5-4-6-12(9-11)14-20(18,19)15-7-2-1-3-8-15/h4-6,9,14H,1-3,7-8,10H2,(H,16,17). The second-order valence-corrected chi connectivity index (χ2v) is 6.51. The van der Waals surface area contributed by atoms with Gasteiger partial charge in [0, 0.05) is 13.1 Å². The molecular weight excluding hydrogens is 280 g/mol. The van der Waals surface area contributed by atoms with Crippen molar-refractivity contribution < 1.29 is 18.3 Å². The lowest BCUT2D eigenvalue weighted by atomic mass is 10.1. The van der Waals surface area contributed by atoms with Crippen LogP contribution in [0.4, 0.5) is 5.69 Å². The topological polar surface area (TPSA) is 86.7 Å². The van der Waals surface area contributed by atoms with Crippen LogP contribution in [-0.4, -0.2) is 36.9 Å². The number of aliphatic carboxylic acids is 1. The Labute approximate surface area is 118 Å². The highest BCUT2D eigenvalue weighted by Gasteiger charge is 2.23. The van der Waals surface area contributed by atoms with E-state index in [1.807, 2.05) is 0 Å². The molecule has 1 aliphatic heterocycles. The van der Waals surface area contributed by atoms with E-state index in [-0.39, 0.29) is 6.42 Å². The quantitative estimate of drug-likeness (QED) is 0.861. The van der Waals surface area contributed by atoms with Gasteiger partial charge < -0.3 is 5.11 Å². The second-order valence-electron chi connectivity index (χ2n) is 4.84. The summed E-state index contributed by atoms with van der Waals surface area (Å²) < 4.78 is 28.3. The summed E-state index contributed by atoms with van der Waals surface area (Å²) in [6.45, 7) is 1.06. The number of nitrogens with one attached hydrogen (secondary N) is 1. The fraction of sp³-hybridized carbons (Fsp3) is 0.462.